The van der Waals surface area contributed by atoms with Crippen LogP contribution in [0, 0.1) is 3.57 Å². The van der Waals surface area contributed by atoms with Gasteiger partial charge in [-0.15, -0.1) is 0 Å². The Kier molecular flexibility index (Phi) is 3.36. The highest BCUT2D eigenvalue weighted by Gasteiger charge is 2.12. The zero-order valence-electron chi connectivity index (χ0n) is 9.98. The fraction of sp³-hybridized carbons (Fsp3) is 0.0714. The second-order valence-electron chi connectivity index (χ2n) is 3.98. The normalized spacial score (nSPS) is 10.9. The van der Waals surface area contributed by atoms with E-state index < -0.39 is 0 Å². The van der Waals surface area contributed by atoms with Crippen LogP contribution in [0.3, 0.4) is 0 Å². The van der Waals surface area contributed by atoms with Crippen LogP contribution in [0.5, 0.6) is 5.75 Å². The molecule has 3 aromatic rings. The molecule has 0 radical (unpaired) electrons. The van der Waals surface area contributed by atoms with Gasteiger partial charge in [-0.3, -0.25) is 0 Å². The van der Waals surface area contributed by atoms with Gasteiger partial charge in [-0.2, -0.15) is 0 Å². The lowest BCUT2D eigenvalue weighted by molar-refractivity contribution is 0.415. The Morgan fingerprint density at radius 1 is 1.21 bits per heavy atom. The quantitative estimate of drug-likeness (QED) is 0.597. The summed E-state index contributed by atoms with van der Waals surface area (Å²) in [6, 6.07) is 11.3. The van der Waals surface area contributed by atoms with Gasteiger partial charge in [-0.05, 0) is 52.9 Å². The molecule has 1 aromatic heterocycles. The summed E-state index contributed by atoms with van der Waals surface area (Å²) < 4.78 is 12.0. The zero-order valence-corrected chi connectivity index (χ0v) is 12.9. The Morgan fingerprint density at radius 2 is 2.05 bits per heavy atom. The van der Waals surface area contributed by atoms with Crippen molar-refractivity contribution in [1.29, 1.82) is 0 Å². The first-order chi connectivity index (χ1) is 9.17. The number of methoxy groups -OCH3 is 1. The summed E-state index contributed by atoms with van der Waals surface area (Å²) in [4.78, 5) is 4.46. The highest BCUT2D eigenvalue weighted by Crippen LogP contribution is 2.32. The number of fused-ring (bicyclic) bond motifs is 1. The van der Waals surface area contributed by atoms with E-state index in [1.807, 2.05) is 36.4 Å². The number of nitrogens with zero attached hydrogens (tertiary/aromatic N) is 1. The lowest BCUT2D eigenvalue weighted by atomic mass is 10.2. The van der Waals surface area contributed by atoms with Gasteiger partial charge in [0.15, 0.2) is 5.58 Å². The number of benzene rings is 2. The molecule has 0 N–H and O–H groups in total. The molecule has 0 spiro atoms. The van der Waals surface area contributed by atoms with Crippen molar-refractivity contribution in [2.24, 2.45) is 0 Å². The van der Waals surface area contributed by atoms with Gasteiger partial charge in [0, 0.05) is 9.64 Å². The molecule has 0 amide bonds. The van der Waals surface area contributed by atoms with Crippen LogP contribution in [-0.2, 0) is 0 Å². The van der Waals surface area contributed by atoms with E-state index in [1.54, 1.807) is 7.11 Å². The first kappa shape index (κ1) is 12.7. The summed E-state index contributed by atoms with van der Waals surface area (Å²) >= 11 is 8.42. The van der Waals surface area contributed by atoms with Gasteiger partial charge in [0.2, 0.25) is 5.89 Å². The summed E-state index contributed by atoms with van der Waals surface area (Å²) in [6.07, 6.45) is 0. The number of halogens is 2. The van der Waals surface area contributed by atoms with Crippen molar-refractivity contribution >= 4 is 45.3 Å². The van der Waals surface area contributed by atoms with Crippen LogP contribution in [0.4, 0.5) is 0 Å². The Balaban J connectivity index is 2.17. The summed E-state index contributed by atoms with van der Waals surface area (Å²) in [5, 5.41) is 0.624. The number of aromatic nitrogens is 1. The Bertz CT molecular complexity index is 754. The topological polar surface area (TPSA) is 35.3 Å². The molecule has 3 rings (SSSR count). The summed E-state index contributed by atoms with van der Waals surface area (Å²) in [6.45, 7) is 0. The van der Waals surface area contributed by atoms with Gasteiger partial charge in [-0.1, -0.05) is 11.6 Å². The Hall–Kier alpha value is -1.27. The lowest BCUT2D eigenvalue weighted by Crippen LogP contribution is -1.82. The molecule has 0 saturated heterocycles. The first-order valence-corrected chi connectivity index (χ1v) is 7.03. The van der Waals surface area contributed by atoms with Gasteiger partial charge >= 0.3 is 0 Å². The third-order valence-electron chi connectivity index (χ3n) is 2.75. The van der Waals surface area contributed by atoms with Crippen LogP contribution < -0.4 is 4.74 Å². The first-order valence-electron chi connectivity index (χ1n) is 5.57. The zero-order chi connectivity index (χ0) is 13.4. The van der Waals surface area contributed by atoms with Crippen molar-refractivity contribution in [3.8, 4) is 17.2 Å². The van der Waals surface area contributed by atoms with Crippen LogP contribution in [-0.4, -0.2) is 12.1 Å². The van der Waals surface area contributed by atoms with Gasteiger partial charge in [0.05, 0.1) is 17.7 Å². The second-order valence-corrected chi connectivity index (χ2v) is 5.63. The van der Waals surface area contributed by atoms with Gasteiger partial charge in [0.1, 0.15) is 11.3 Å². The molecule has 1 heterocycles. The molecule has 3 nitrogen and oxygen atoms in total. The Labute approximate surface area is 128 Å². The molecule has 0 unspecified atom stereocenters. The minimum absolute atomic E-state index is 0.520. The van der Waals surface area contributed by atoms with E-state index in [4.69, 9.17) is 20.8 Å². The molecule has 0 aliphatic heterocycles. The van der Waals surface area contributed by atoms with Crippen molar-refractivity contribution < 1.29 is 9.15 Å². The third-order valence-corrected chi connectivity index (χ3v) is 3.75. The lowest BCUT2D eigenvalue weighted by Gasteiger charge is -1.99. The number of ether oxygens (including phenoxy) is 1. The molecule has 0 aliphatic rings. The minimum Gasteiger partial charge on any atom is -0.497 e. The second kappa shape index (κ2) is 5.02. The van der Waals surface area contributed by atoms with Crippen molar-refractivity contribution in [1.82, 2.24) is 4.98 Å². The average molecular weight is 386 g/mol. The minimum atomic E-state index is 0.520. The number of hydrogen-bond acceptors (Lipinski definition) is 3. The molecular formula is C14H9ClINO2. The SMILES string of the molecule is COc1ccc2oc(-c3cc(I)ccc3Cl)nc2c1. The van der Waals surface area contributed by atoms with Crippen LogP contribution in [0.15, 0.2) is 40.8 Å². The predicted octanol–water partition coefficient (Wildman–Crippen LogP) is 4.76. The fourth-order valence-corrected chi connectivity index (χ4v) is 2.50. The average Bonchev–Trinajstić information content (AvgIpc) is 2.83. The molecule has 0 aliphatic carbocycles. The largest absolute Gasteiger partial charge is 0.497 e. The van der Waals surface area contributed by atoms with Gasteiger partial charge in [-0.25, -0.2) is 4.98 Å². The van der Waals surface area contributed by atoms with Crippen molar-refractivity contribution in [3.05, 3.63) is 45.0 Å². The van der Waals surface area contributed by atoms with Gasteiger partial charge in [0.25, 0.3) is 0 Å². The maximum Gasteiger partial charge on any atom is 0.228 e. The highest BCUT2D eigenvalue weighted by atomic mass is 127. The van der Waals surface area contributed by atoms with Crippen molar-refractivity contribution in [2.75, 3.05) is 7.11 Å². The van der Waals surface area contributed by atoms with E-state index in [0.717, 1.165) is 20.4 Å². The number of oxazole rings is 1. The predicted molar refractivity (Wildman–Crippen MR) is 83.7 cm³/mol. The van der Waals surface area contributed by atoms with E-state index in [9.17, 15) is 0 Å². The maximum atomic E-state index is 6.19. The highest BCUT2D eigenvalue weighted by molar-refractivity contribution is 14.1. The van der Waals surface area contributed by atoms with Crippen LogP contribution in [0.1, 0.15) is 0 Å². The maximum absolute atomic E-state index is 6.19. The molecule has 19 heavy (non-hydrogen) atoms. The molecule has 0 fully saturated rings. The molecule has 0 saturated carbocycles. The molecule has 0 atom stereocenters. The standard InChI is InChI=1S/C14H9ClINO2/c1-18-9-3-5-13-12(7-9)17-14(19-13)10-6-8(16)2-4-11(10)15/h2-7H,1H3. The van der Waals surface area contributed by atoms with E-state index in [2.05, 4.69) is 27.6 Å². The van der Waals surface area contributed by atoms with Crippen molar-refractivity contribution in [3.63, 3.8) is 0 Å². The van der Waals surface area contributed by atoms with E-state index in [-0.39, 0.29) is 0 Å². The van der Waals surface area contributed by atoms with Crippen molar-refractivity contribution in [2.45, 2.75) is 0 Å². The van der Waals surface area contributed by atoms with E-state index in [1.165, 1.54) is 0 Å². The van der Waals surface area contributed by atoms with E-state index in [0.29, 0.717) is 16.5 Å². The summed E-state index contributed by atoms with van der Waals surface area (Å²) in [5.41, 5.74) is 2.26. The van der Waals surface area contributed by atoms with Crippen LogP contribution in [0.25, 0.3) is 22.6 Å². The van der Waals surface area contributed by atoms with Gasteiger partial charge < -0.3 is 9.15 Å². The molecule has 2 aromatic carbocycles. The molecular weight excluding hydrogens is 377 g/mol. The molecule has 5 heteroatoms. The molecule has 0 bridgehead atoms. The Morgan fingerprint density at radius 3 is 2.84 bits per heavy atom. The third kappa shape index (κ3) is 2.42. The monoisotopic (exact) mass is 385 g/mol. The van der Waals surface area contributed by atoms with E-state index >= 15 is 0 Å². The smallest absolute Gasteiger partial charge is 0.228 e. The molecule has 96 valence electrons. The number of hydrogen-bond donors (Lipinski definition) is 0. The summed E-state index contributed by atoms with van der Waals surface area (Å²) in [7, 11) is 1.62. The van der Waals surface area contributed by atoms with Crippen LogP contribution in [0.2, 0.25) is 5.02 Å². The number of rotatable bonds is 2. The summed E-state index contributed by atoms with van der Waals surface area (Å²) in [5.74, 6) is 1.27. The van der Waals surface area contributed by atoms with Crippen LogP contribution >= 0.6 is 34.2 Å². The fourth-order valence-electron chi connectivity index (χ4n) is 1.81.